The molecule has 0 aliphatic carbocycles. The van der Waals surface area contributed by atoms with E-state index in [4.69, 9.17) is 11.6 Å². The molecule has 0 heterocycles. The highest BCUT2D eigenvalue weighted by atomic mass is 35.5. The van der Waals surface area contributed by atoms with Crippen molar-refractivity contribution in [3.63, 3.8) is 0 Å². The van der Waals surface area contributed by atoms with Crippen LogP contribution >= 0.6 is 11.6 Å². The Labute approximate surface area is 236 Å². The van der Waals surface area contributed by atoms with E-state index in [2.05, 4.69) is 5.32 Å². The summed E-state index contributed by atoms with van der Waals surface area (Å²) in [5.41, 5.74) is 3.77. The number of carbonyl (C=O) groups is 2. The van der Waals surface area contributed by atoms with E-state index in [1.807, 2.05) is 57.2 Å². The first-order valence-corrected chi connectivity index (χ1v) is 15.1. The summed E-state index contributed by atoms with van der Waals surface area (Å²) >= 11 is 6.08. The summed E-state index contributed by atoms with van der Waals surface area (Å²) in [6, 6.07) is 21.0. The van der Waals surface area contributed by atoms with Crippen LogP contribution in [0.4, 0.5) is 5.69 Å². The molecule has 0 aliphatic heterocycles. The summed E-state index contributed by atoms with van der Waals surface area (Å²) in [7, 11) is -3.82. The number of carbonyl (C=O) groups excluding carboxylic acids is 2. The second-order valence-corrected chi connectivity index (χ2v) is 12.0. The first kappa shape index (κ1) is 30.2. The zero-order valence-electron chi connectivity index (χ0n) is 22.9. The number of nitrogens with zero attached hydrogens (tertiary/aromatic N) is 2. The Morgan fingerprint density at radius 2 is 1.59 bits per heavy atom. The minimum Gasteiger partial charge on any atom is -0.354 e. The van der Waals surface area contributed by atoms with E-state index in [0.717, 1.165) is 39.2 Å². The van der Waals surface area contributed by atoms with Crippen LogP contribution in [0.3, 0.4) is 0 Å². The topological polar surface area (TPSA) is 86.8 Å². The van der Waals surface area contributed by atoms with Crippen LogP contribution in [0.2, 0.25) is 5.02 Å². The molecule has 0 aromatic heterocycles. The molecule has 9 heteroatoms. The monoisotopic (exact) mass is 569 g/mol. The molecule has 7 nitrogen and oxygen atoms in total. The lowest BCUT2D eigenvalue weighted by Crippen LogP contribution is -2.53. The molecule has 2 amide bonds. The Hall–Kier alpha value is -3.36. The molecule has 208 valence electrons. The number of hydrogen-bond donors (Lipinski definition) is 1. The highest BCUT2D eigenvalue weighted by Crippen LogP contribution is 2.26. The number of anilines is 1. The van der Waals surface area contributed by atoms with Gasteiger partial charge in [-0.25, -0.2) is 8.42 Å². The van der Waals surface area contributed by atoms with Crippen molar-refractivity contribution in [2.75, 3.05) is 23.7 Å². The Morgan fingerprint density at radius 3 is 2.21 bits per heavy atom. The maximum absolute atomic E-state index is 14.1. The van der Waals surface area contributed by atoms with E-state index < -0.39 is 28.5 Å². The van der Waals surface area contributed by atoms with E-state index in [0.29, 0.717) is 17.3 Å². The molecule has 3 aromatic rings. The second kappa shape index (κ2) is 13.6. The Bertz CT molecular complexity index is 1380. The fourth-order valence-electron chi connectivity index (χ4n) is 4.31. The number of aryl methyl sites for hydroxylation is 1. The molecule has 0 spiro atoms. The van der Waals surface area contributed by atoms with Crippen molar-refractivity contribution in [3.05, 3.63) is 100 Å². The highest BCUT2D eigenvalue weighted by Gasteiger charge is 2.33. The lowest BCUT2D eigenvalue weighted by Gasteiger charge is -2.34. The van der Waals surface area contributed by atoms with Gasteiger partial charge < -0.3 is 10.2 Å². The summed E-state index contributed by atoms with van der Waals surface area (Å²) in [6.45, 7) is 5.81. The molecule has 0 fully saturated rings. The Balaban J connectivity index is 2.06. The summed E-state index contributed by atoms with van der Waals surface area (Å²) < 4.78 is 27.0. The Morgan fingerprint density at radius 1 is 0.923 bits per heavy atom. The molecular weight excluding hydrogens is 534 g/mol. The maximum atomic E-state index is 14.1. The van der Waals surface area contributed by atoms with Crippen LogP contribution in [-0.2, 0) is 32.6 Å². The van der Waals surface area contributed by atoms with Crippen LogP contribution in [-0.4, -0.2) is 50.5 Å². The van der Waals surface area contributed by atoms with Crippen molar-refractivity contribution in [2.24, 2.45) is 0 Å². The van der Waals surface area contributed by atoms with Gasteiger partial charge in [-0.05, 0) is 60.7 Å². The summed E-state index contributed by atoms with van der Waals surface area (Å²) in [6.07, 6.45) is 2.10. The highest BCUT2D eigenvalue weighted by molar-refractivity contribution is 7.92. The van der Waals surface area contributed by atoms with Gasteiger partial charge in [0.15, 0.2) is 0 Å². The molecule has 39 heavy (non-hydrogen) atoms. The lowest BCUT2D eigenvalue weighted by molar-refractivity contribution is -0.140. The summed E-state index contributed by atoms with van der Waals surface area (Å²) in [4.78, 5) is 29.0. The SMILES string of the molecule is CCCNC(=O)[C@@H](Cc1ccccc1)N(Cc1ccc(Cl)cc1)C(=O)CN(c1cccc(C)c1C)S(C)(=O)=O. The third-order valence-corrected chi connectivity index (χ3v) is 7.99. The molecule has 1 atom stereocenters. The van der Waals surface area contributed by atoms with E-state index in [-0.39, 0.29) is 18.9 Å². The van der Waals surface area contributed by atoms with E-state index in [1.54, 1.807) is 36.4 Å². The average Bonchev–Trinajstić information content (AvgIpc) is 2.90. The number of sulfonamides is 1. The van der Waals surface area contributed by atoms with Gasteiger partial charge in [0.2, 0.25) is 21.8 Å². The molecule has 1 N–H and O–H groups in total. The lowest BCUT2D eigenvalue weighted by atomic mass is 10.0. The van der Waals surface area contributed by atoms with Gasteiger partial charge >= 0.3 is 0 Å². The number of halogens is 1. The third-order valence-electron chi connectivity index (χ3n) is 6.61. The normalized spacial score (nSPS) is 12.0. The molecular formula is C30H36ClN3O4S. The number of rotatable bonds is 12. The van der Waals surface area contributed by atoms with Gasteiger partial charge in [0.1, 0.15) is 12.6 Å². The average molecular weight is 570 g/mol. The first-order valence-electron chi connectivity index (χ1n) is 12.9. The van der Waals surface area contributed by atoms with Gasteiger partial charge in [0.05, 0.1) is 11.9 Å². The molecule has 0 radical (unpaired) electrons. The molecule has 3 rings (SSSR count). The van der Waals surface area contributed by atoms with Crippen LogP contribution in [0.15, 0.2) is 72.8 Å². The summed E-state index contributed by atoms with van der Waals surface area (Å²) in [5.74, 6) is -0.774. The van der Waals surface area contributed by atoms with E-state index >= 15 is 0 Å². The van der Waals surface area contributed by atoms with Crippen molar-refractivity contribution < 1.29 is 18.0 Å². The molecule has 0 bridgehead atoms. The van der Waals surface area contributed by atoms with Crippen LogP contribution in [0, 0.1) is 13.8 Å². The minimum absolute atomic E-state index is 0.109. The van der Waals surface area contributed by atoms with Gasteiger partial charge in [-0.15, -0.1) is 0 Å². The molecule has 0 unspecified atom stereocenters. The minimum atomic E-state index is -3.82. The fourth-order valence-corrected chi connectivity index (χ4v) is 5.33. The largest absolute Gasteiger partial charge is 0.354 e. The molecule has 0 saturated heterocycles. The zero-order chi connectivity index (χ0) is 28.6. The smallest absolute Gasteiger partial charge is 0.244 e. The predicted molar refractivity (Wildman–Crippen MR) is 157 cm³/mol. The summed E-state index contributed by atoms with van der Waals surface area (Å²) in [5, 5.41) is 3.48. The number of amides is 2. The number of nitrogens with one attached hydrogen (secondary N) is 1. The standard InChI is InChI=1S/C30H36ClN3O4S/c1-5-18-32-30(36)28(19-24-11-7-6-8-12-24)33(20-25-14-16-26(31)17-15-25)29(35)21-34(39(4,37)38)27-13-9-10-22(2)23(27)3/h6-17,28H,5,18-21H2,1-4H3,(H,32,36)/t28-/m1/s1. The quantitative estimate of drug-likeness (QED) is 0.336. The fraction of sp³-hybridized carbons (Fsp3) is 0.333. The van der Waals surface area contributed by atoms with Gasteiger partial charge in [0.25, 0.3) is 0 Å². The zero-order valence-corrected chi connectivity index (χ0v) is 24.4. The molecule has 3 aromatic carbocycles. The second-order valence-electron chi connectivity index (χ2n) is 9.63. The number of benzene rings is 3. The maximum Gasteiger partial charge on any atom is 0.244 e. The van der Waals surface area contributed by atoms with Crippen LogP contribution in [0.25, 0.3) is 0 Å². The van der Waals surface area contributed by atoms with Gasteiger partial charge in [-0.3, -0.25) is 13.9 Å². The first-order chi connectivity index (χ1) is 18.5. The van der Waals surface area contributed by atoms with Gasteiger partial charge in [-0.2, -0.15) is 0 Å². The van der Waals surface area contributed by atoms with Gasteiger partial charge in [0, 0.05) is 24.5 Å². The van der Waals surface area contributed by atoms with Crippen LogP contribution < -0.4 is 9.62 Å². The van der Waals surface area contributed by atoms with Crippen molar-refractivity contribution in [3.8, 4) is 0 Å². The van der Waals surface area contributed by atoms with E-state index in [1.165, 1.54) is 4.90 Å². The van der Waals surface area contributed by atoms with Crippen molar-refractivity contribution in [2.45, 2.75) is 46.2 Å². The van der Waals surface area contributed by atoms with Crippen molar-refractivity contribution in [1.29, 1.82) is 0 Å². The predicted octanol–water partition coefficient (Wildman–Crippen LogP) is 4.89. The van der Waals surface area contributed by atoms with Gasteiger partial charge in [-0.1, -0.05) is 73.1 Å². The van der Waals surface area contributed by atoms with Crippen molar-refractivity contribution >= 4 is 39.1 Å². The van der Waals surface area contributed by atoms with E-state index in [9.17, 15) is 18.0 Å². The molecule has 0 saturated carbocycles. The Kier molecular flexibility index (Phi) is 10.5. The third kappa shape index (κ3) is 8.31. The number of hydrogen-bond acceptors (Lipinski definition) is 4. The molecule has 0 aliphatic rings. The van der Waals surface area contributed by atoms with Crippen LogP contribution in [0.5, 0.6) is 0 Å². The van der Waals surface area contributed by atoms with Crippen LogP contribution in [0.1, 0.15) is 35.6 Å². The van der Waals surface area contributed by atoms with Crippen molar-refractivity contribution in [1.82, 2.24) is 10.2 Å².